The monoisotopic (exact) mass is 374 g/mol. The van der Waals surface area contributed by atoms with Crippen LogP contribution in [0.3, 0.4) is 0 Å². The van der Waals surface area contributed by atoms with Gasteiger partial charge in [0.25, 0.3) is 5.91 Å². The van der Waals surface area contributed by atoms with Crippen molar-refractivity contribution in [2.45, 2.75) is 20.8 Å². The fourth-order valence-electron chi connectivity index (χ4n) is 2.71. The maximum Gasteiger partial charge on any atom is 0.255 e. The molecule has 3 aromatic rings. The molecule has 142 valence electrons. The van der Waals surface area contributed by atoms with Crippen molar-refractivity contribution in [3.8, 4) is 0 Å². The number of nitrogens with one attached hydrogen (secondary N) is 3. The molecule has 0 aliphatic carbocycles. The summed E-state index contributed by atoms with van der Waals surface area (Å²) < 4.78 is 0. The van der Waals surface area contributed by atoms with Crippen LogP contribution in [0.15, 0.2) is 60.8 Å². The Balaban J connectivity index is 1.71. The lowest BCUT2D eigenvalue weighted by molar-refractivity contribution is -0.114. The van der Waals surface area contributed by atoms with Crippen molar-refractivity contribution >= 4 is 34.7 Å². The van der Waals surface area contributed by atoms with Gasteiger partial charge in [-0.3, -0.25) is 9.59 Å². The zero-order valence-corrected chi connectivity index (χ0v) is 16.0. The molecule has 0 fully saturated rings. The van der Waals surface area contributed by atoms with Gasteiger partial charge in [-0.05, 0) is 67.4 Å². The molecule has 6 nitrogen and oxygen atoms in total. The van der Waals surface area contributed by atoms with Gasteiger partial charge in [0.2, 0.25) is 5.91 Å². The average Bonchev–Trinajstić information content (AvgIpc) is 2.67. The Hall–Kier alpha value is -3.67. The Morgan fingerprint density at radius 2 is 1.57 bits per heavy atom. The summed E-state index contributed by atoms with van der Waals surface area (Å²) in [6, 6.07) is 16.3. The van der Waals surface area contributed by atoms with Gasteiger partial charge in [-0.25, -0.2) is 4.98 Å². The van der Waals surface area contributed by atoms with Crippen LogP contribution >= 0.6 is 0 Å². The van der Waals surface area contributed by atoms with Crippen LogP contribution in [0.2, 0.25) is 0 Å². The summed E-state index contributed by atoms with van der Waals surface area (Å²) in [4.78, 5) is 27.9. The fraction of sp³-hybridized carbons (Fsp3) is 0.136. The van der Waals surface area contributed by atoms with E-state index in [9.17, 15) is 9.59 Å². The van der Waals surface area contributed by atoms with Gasteiger partial charge in [-0.1, -0.05) is 12.1 Å². The molecule has 28 heavy (non-hydrogen) atoms. The van der Waals surface area contributed by atoms with Crippen LogP contribution < -0.4 is 16.0 Å². The van der Waals surface area contributed by atoms with Crippen LogP contribution in [0, 0.1) is 13.8 Å². The Kier molecular flexibility index (Phi) is 5.69. The van der Waals surface area contributed by atoms with Crippen molar-refractivity contribution < 1.29 is 9.59 Å². The van der Waals surface area contributed by atoms with Crippen molar-refractivity contribution in [1.29, 1.82) is 0 Å². The largest absolute Gasteiger partial charge is 0.340 e. The molecule has 0 radical (unpaired) electrons. The van der Waals surface area contributed by atoms with Crippen molar-refractivity contribution in [2.24, 2.45) is 0 Å². The molecule has 0 spiro atoms. The molecule has 3 N–H and O–H groups in total. The Morgan fingerprint density at radius 3 is 2.25 bits per heavy atom. The molecule has 1 heterocycles. The summed E-state index contributed by atoms with van der Waals surface area (Å²) in [7, 11) is 0. The average molecular weight is 374 g/mol. The van der Waals surface area contributed by atoms with Crippen molar-refractivity contribution in [3.63, 3.8) is 0 Å². The van der Waals surface area contributed by atoms with E-state index < -0.39 is 0 Å². The normalized spacial score (nSPS) is 10.2. The molecule has 0 aliphatic heterocycles. The Labute approximate surface area is 164 Å². The third-order valence-corrected chi connectivity index (χ3v) is 4.35. The second-order valence-corrected chi connectivity index (χ2v) is 6.51. The van der Waals surface area contributed by atoms with Crippen LogP contribution in [0.5, 0.6) is 0 Å². The zero-order chi connectivity index (χ0) is 20.1. The van der Waals surface area contributed by atoms with Crippen molar-refractivity contribution in [1.82, 2.24) is 4.98 Å². The number of amides is 2. The first-order valence-electron chi connectivity index (χ1n) is 8.90. The van der Waals surface area contributed by atoms with Gasteiger partial charge in [0.1, 0.15) is 5.82 Å². The van der Waals surface area contributed by atoms with Gasteiger partial charge in [0.05, 0.1) is 0 Å². The third-order valence-electron chi connectivity index (χ3n) is 4.35. The molecule has 0 saturated carbocycles. The molecular weight excluding hydrogens is 352 g/mol. The first-order chi connectivity index (χ1) is 13.4. The molecular formula is C22H22N4O2. The van der Waals surface area contributed by atoms with E-state index in [2.05, 4.69) is 33.9 Å². The van der Waals surface area contributed by atoms with E-state index in [1.54, 1.807) is 42.6 Å². The topological polar surface area (TPSA) is 83.1 Å². The summed E-state index contributed by atoms with van der Waals surface area (Å²) in [5, 5.41) is 8.80. The predicted molar refractivity (Wildman–Crippen MR) is 112 cm³/mol. The molecule has 3 rings (SSSR count). The molecule has 0 bridgehead atoms. The molecule has 6 heteroatoms. The lowest BCUT2D eigenvalue weighted by Gasteiger charge is -2.12. The number of benzene rings is 2. The first-order valence-corrected chi connectivity index (χ1v) is 8.90. The minimum absolute atomic E-state index is 0.141. The smallest absolute Gasteiger partial charge is 0.255 e. The van der Waals surface area contributed by atoms with Crippen LogP contribution in [0.25, 0.3) is 0 Å². The number of aromatic nitrogens is 1. The van der Waals surface area contributed by atoms with Crippen LogP contribution in [-0.4, -0.2) is 16.8 Å². The molecule has 0 atom stereocenters. The van der Waals surface area contributed by atoms with Gasteiger partial charge >= 0.3 is 0 Å². The van der Waals surface area contributed by atoms with Crippen molar-refractivity contribution in [2.75, 3.05) is 16.0 Å². The lowest BCUT2D eigenvalue weighted by Crippen LogP contribution is -2.12. The van der Waals surface area contributed by atoms with E-state index in [0.717, 1.165) is 11.3 Å². The molecule has 2 aromatic carbocycles. The summed E-state index contributed by atoms with van der Waals surface area (Å²) in [6.07, 6.45) is 1.60. The fourth-order valence-corrected chi connectivity index (χ4v) is 2.71. The Morgan fingerprint density at radius 1 is 0.893 bits per heavy atom. The van der Waals surface area contributed by atoms with E-state index in [1.165, 1.54) is 12.5 Å². The van der Waals surface area contributed by atoms with Gasteiger partial charge in [-0.2, -0.15) is 0 Å². The van der Waals surface area contributed by atoms with E-state index in [1.807, 2.05) is 19.1 Å². The number of carbonyl (C=O) groups excluding carboxylic acids is 2. The van der Waals surface area contributed by atoms with E-state index in [4.69, 9.17) is 0 Å². The van der Waals surface area contributed by atoms with Gasteiger partial charge in [0.15, 0.2) is 0 Å². The highest BCUT2D eigenvalue weighted by Gasteiger charge is 2.09. The van der Waals surface area contributed by atoms with Gasteiger partial charge in [0, 0.05) is 35.7 Å². The molecule has 0 unspecified atom stereocenters. The van der Waals surface area contributed by atoms with Gasteiger partial charge in [-0.15, -0.1) is 0 Å². The van der Waals surface area contributed by atoms with E-state index in [0.29, 0.717) is 22.8 Å². The second-order valence-electron chi connectivity index (χ2n) is 6.51. The zero-order valence-electron chi connectivity index (χ0n) is 16.0. The second kappa shape index (κ2) is 8.35. The standard InChI is InChI=1S/C22H22N4O2/c1-14-5-4-6-20(15(14)2)26-21-13-17(11-12-23-21)22(28)25-19-9-7-18(8-10-19)24-16(3)27/h4-13H,1-3H3,(H,23,26)(H,24,27)(H,25,28). The number of carbonyl (C=O) groups is 2. The molecule has 2 amide bonds. The number of aryl methyl sites for hydroxylation is 1. The summed E-state index contributed by atoms with van der Waals surface area (Å²) in [5.41, 5.74) is 5.08. The minimum Gasteiger partial charge on any atom is -0.340 e. The highest BCUT2D eigenvalue weighted by molar-refractivity contribution is 6.04. The van der Waals surface area contributed by atoms with E-state index in [-0.39, 0.29) is 11.8 Å². The molecule has 1 aromatic heterocycles. The van der Waals surface area contributed by atoms with Gasteiger partial charge < -0.3 is 16.0 Å². The Bertz CT molecular complexity index is 1010. The number of hydrogen-bond donors (Lipinski definition) is 3. The first kappa shape index (κ1) is 19.1. The number of pyridine rings is 1. The highest BCUT2D eigenvalue weighted by atomic mass is 16.2. The quantitative estimate of drug-likeness (QED) is 0.607. The summed E-state index contributed by atoms with van der Waals surface area (Å²) >= 11 is 0. The predicted octanol–water partition coefficient (Wildman–Crippen LogP) is 4.65. The van der Waals surface area contributed by atoms with Crippen molar-refractivity contribution in [3.05, 3.63) is 77.5 Å². The summed E-state index contributed by atoms with van der Waals surface area (Å²) in [5.74, 6) is 0.221. The lowest BCUT2D eigenvalue weighted by atomic mass is 10.1. The van der Waals surface area contributed by atoms with Crippen LogP contribution in [0.1, 0.15) is 28.4 Å². The number of rotatable bonds is 5. The minimum atomic E-state index is -0.237. The molecule has 0 aliphatic rings. The summed E-state index contributed by atoms with van der Waals surface area (Å²) in [6.45, 7) is 5.54. The molecule has 0 saturated heterocycles. The number of anilines is 4. The van der Waals surface area contributed by atoms with Crippen LogP contribution in [0.4, 0.5) is 22.9 Å². The third kappa shape index (κ3) is 4.73. The van der Waals surface area contributed by atoms with Crippen LogP contribution in [-0.2, 0) is 4.79 Å². The number of hydrogen-bond acceptors (Lipinski definition) is 4. The highest BCUT2D eigenvalue weighted by Crippen LogP contribution is 2.22. The maximum absolute atomic E-state index is 12.6. The number of nitrogens with zero attached hydrogens (tertiary/aromatic N) is 1. The SMILES string of the molecule is CC(=O)Nc1ccc(NC(=O)c2ccnc(Nc3cccc(C)c3C)c2)cc1. The van der Waals surface area contributed by atoms with E-state index >= 15 is 0 Å². The maximum atomic E-state index is 12.6.